The summed E-state index contributed by atoms with van der Waals surface area (Å²) in [5.41, 5.74) is 8.06. The third-order valence-corrected chi connectivity index (χ3v) is 3.49. The highest BCUT2D eigenvalue weighted by atomic mass is 16.5. The van der Waals surface area contributed by atoms with Crippen LogP contribution in [0.15, 0.2) is 18.2 Å². The second-order valence-electron chi connectivity index (χ2n) is 5.27. The molecule has 2 rings (SSSR count). The molecule has 0 aromatic heterocycles. The van der Waals surface area contributed by atoms with Gasteiger partial charge in [-0.3, -0.25) is 4.79 Å². The maximum Gasteiger partial charge on any atom is 0.253 e. The maximum absolute atomic E-state index is 12.1. The number of anilines is 2. The number of benzene rings is 1. The molecule has 2 atom stereocenters. The van der Waals surface area contributed by atoms with Crippen LogP contribution < -0.4 is 11.1 Å². The molecule has 1 saturated heterocycles. The molecule has 5 nitrogen and oxygen atoms in total. The molecule has 110 valence electrons. The number of nitrogens with one attached hydrogen (secondary N) is 1. The average molecular weight is 278 g/mol. The van der Waals surface area contributed by atoms with Crippen molar-refractivity contribution >= 4 is 17.3 Å². The van der Waals surface area contributed by atoms with Crippen molar-refractivity contribution in [3.63, 3.8) is 0 Å². The first kappa shape index (κ1) is 14.8. The van der Waals surface area contributed by atoms with Gasteiger partial charge in [-0.15, -0.1) is 0 Å². The topological polar surface area (TPSA) is 73.6 Å². The fourth-order valence-corrected chi connectivity index (χ4v) is 2.08. The zero-order valence-electron chi connectivity index (χ0n) is 12.0. The number of amides is 1. The average Bonchev–Trinajstić information content (AvgIpc) is 2.93. The molecule has 0 saturated carbocycles. The second kappa shape index (κ2) is 6.72. The molecule has 1 aliphatic rings. The van der Waals surface area contributed by atoms with Crippen molar-refractivity contribution in [2.45, 2.75) is 26.4 Å². The molecule has 1 amide bonds. The summed E-state index contributed by atoms with van der Waals surface area (Å²) in [5.74, 6) is 0.247. The minimum atomic E-state index is -0.489. The van der Waals surface area contributed by atoms with Crippen LogP contribution in [0.3, 0.4) is 0 Å². The van der Waals surface area contributed by atoms with Crippen LogP contribution in [0.1, 0.15) is 18.9 Å². The Morgan fingerprint density at radius 1 is 1.60 bits per heavy atom. The Kier molecular flexibility index (Phi) is 4.98. The number of nitrogens with two attached hydrogens (primary N) is 1. The highest BCUT2D eigenvalue weighted by Crippen LogP contribution is 2.19. The normalized spacial score (nSPS) is 19.8. The summed E-state index contributed by atoms with van der Waals surface area (Å²) < 4.78 is 10.9. The Bertz CT molecular complexity index is 470. The number of ether oxygens (including phenoxy) is 2. The first-order valence-corrected chi connectivity index (χ1v) is 6.92. The van der Waals surface area contributed by atoms with Gasteiger partial charge in [-0.25, -0.2) is 0 Å². The lowest BCUT2D eigenvalue weighted by atomic mass is 10.1. The number of carbonyl (C=O) groups is 1. The van der Waals surface area contributed by atoms with Crippen LogP contribution in [0.2, 0.25) is 0 Å². The van der Waals surface area contributed by atoms with E-state index in [-0.39, 0.29) is 5.91 Å². The molecule has 1 fully saturated rings. The lowest BCUT2D eigenvalue weighted by Crippen LogP contribution is -2.29. The molecule has 20 heavy (non-hydrogen) atoms. The van der Waals surface area contributed by atoms with Gasteiger partial charge in [-0.2, -0.15) is 0 Å². The van der Waals surface area contributed by atoms with Gasteiger partial charge in [-0.05, 0) is 38.0 Å². The molecule has 1 aromatic carbocycles. The Morgan fingerprint density at radius 2 is 2.40 bits per heavy atom. The van der Waals surface area contributed by atoms with E-state index >= 15 is 0 Å². The molecular formula is C15H22N2O3. The van der Waals surface area contributed by atoms with Gasteiger partial charge in [0, 0.05) is 23.9 Å². The van der Waals surface area contributed by atoms with Gasteiger partial charge in [0.25, 0.3) is 5.91 Å². The minimum absolute atomic E-state index is 0.155. The van der Waals surface area contributed by atoms with Gasteiger partial charge >= 0.3 is 0 Å². The maximum atomic E-state index is 12.1. The monoisotopic (exact) mass is 278 g/mol. The van der Waals surface area contributed by atoms with Gasteiger partial charge in [0.2, 0.25) is 0 Å². The first-order valence-electron chi connectivity index (χ1n) is 6.92. The second-order valence-corrected chi connectivity index (χ2v) is 5.27. The molecule has 3 N–H and O–H groups in total. The van der Waals surface area contributed by atoms with Crippen LogP contribution in [0.4, 0.5) is 11.4 Å². The third-order valence-electron chi connectivity index (χ3n) is 3.49. The fraction of sp³-hybridized carbons (Fsp3) is 0.533. The summed E-state index contributed by atoms with van der Waals surface area (Å²) in [5, 5.41) is 2.85. The van der Waals surface area contributed by atoms with Crippen LogP contribution in [-0.2, 0) is 14.3 Å². The molecule has 1 aliphatic heterocycles. The Morgan fingerprint density at radius 3 is 3.10 bits per heavy atom. The summed E-state index contributed by atoms with van der Waals surface area (Å²) in [6.07, 6.45) is 0.513. The molecular weight excluding hydrogens is 256 g/mol. The molecule has 0 radical (unpaired) electrons. The van der Waals surface area contributed by atoms with Crippen LogP contribution in [0.5, 0.6) is 0 Å². The van der Waals surface area contributed by atoms with E-state index in [4.69, 9.17) is 15.2 Å². The van der Waals surface area contributed by atoms with E-state index in [0.29, 0.717) is 18.2 Å². The van der Waals surface area contributed by atoms with Crippen LogP contribution in [-0.4, -0.2) is 31.8 Å². The summed E-state index contributed by atoms with van der Waals surface area (Å²) in [4.78, 5) is 12.1. The molecule has 5 heteroatoms. The summed E-state index contributed by atoms with van der Waals surface area (Å²) >= 11 is 0. The molecule has 2 unspecified atom stereocenters. The fourth-order valence-electron chi connectivity index (χ4n) is 2.08. The van der Waals surface area contributed by atoms with E-state index in [9.17, 15) is 4.79 Å². The SMILES string of the molecule is Cc1ccc(N)cc1NC(=O)C(C)OCC1CCOC1. The molecule has 0 aliphatic carbocycles. The van der Waals surface area contributed by atoms with Gasteiger partial charge < -0.3 is 20.5 Å². The number of hydrogen-bond acceptors (Lipinski definition) is 4. The van der Waals surface area contributed by atoms with Crippen molar-refractivity contribution in [1.82, 2.24) is 0 Å². The number of nitrogen functional groups attached to an aromatic ring is 1. The standard InChI is InChI=1S/C15H22N2O3/c1-10-3-4-13(16)7-14(10)17-15(18)11(2)20-9-12-5-6-19-8-12/h3-4,7,11-12H,5-6,8-9,16H2,1-2H3,(H,17,18). The number of carbonyl (C=O) groups excluding carboxylic acids is 1. The highest BCUT2D eigenvalue weighted by molar-refractivity contribution is 5.95. The largest absolute Gasteiger partial charge is 0.399 e. The zero-order chi connectivity index (χ0) is 14.5. The summed E-state index contributed by atoms with van der Waals surface area (Å²) in [6, 6.07) is 5.45. The van der Waals surface area contributed by atoms with Crippen molar-refractivity contribution in [2.24, 2.45) is 5.92 Å². The third kappa shape index (κ3) is 3.95. The van der Waals surface area contributed by atoms with Crippen molar-refractivity contribution in [3.05, 3.63) is 23.8 Å². The molecule has 1 heterocycles. The number of rotatable bonds is 5. The highest BCUT2D eigenvalue weighted by Gasteiger charge is 2.20. The van der Waals surface area contributed by atoms with Crippen molar-refractivity contribution in [1.29, 1.82) is 0 Å². The van der Waals surface area contributed by atoms with Crippen molar-refractivity contribution < 1.29 is 14.3 Å². The smallest absolute Gasteiger partial charge is 0.253 e. The minimum Gasteiger partial charge on any atom is -0.399 e. The molecule has 0 spiro atoms. The Hall–Kier alpha value is -1.59. The van der Waals surface area contributed by atoms with Gasteiger partial charge in [-0.1, -0.05) is 6.07 Å². The van der Waals surface area contributed by atoms with Gasteiger partial charge in [0.05, 0.1) is 13.2 Å². The van der Waals surface area contributed by atoms with Gasteiger partial charge in [0.15, 0.2) is 0 Å². The van der Waals surface area contributed by atoms with E-state index in [1.807, 2.05) is 19.1 Å². The van der Waals surface area contributed by atoms with Crippen LogP contribution in [0.25, 0.3) is 0 Å². The number of hydrogen-bond donors (Lipinski definition) is 2. The van der Waals surface area contributed by atoms with E-state index in [1.54, 1.807) is 13.0 Å². The van der Waals surface area contributed by atoms with E-state index < -0.39 is 6.10 Å². The predicted octanol–water partition coefficient (Wildman–Crippen LogP) is 1.96. The molecule has 1 aromatic rings. The summed E-state index contributed by atoms with van der Waals surface area (Å²) in [6.45, 7) is 5.76. The van der Waals surface area contributed by atoms with E-state index in [2.05, 4.69) is 5.32 Å². The molecule has 0 bridgehead atoms. The Labute approximate surface area is 119 Å². The van der Waals surface area contributed by atoms with E-state index in [1.165, 1.54) is 0 Å². The summed E-state index contributed by atoms with van der Waals surface area (Å²) in [7, 11) is 0. The lowest BCUT2D eigenvalue weighted by Gasteiger charge is -2.16. The van der Waals surface area contributed by atoms with E-state index in [0.717, 1.165) is 30.9 Å². The van der Waals surface area contributed by atoms with Gasteiger partial charge in [0.1, 0.15) is 6.10 Å². The predicted molar refractivity (Wildman–Crippen MR) is 78.6 cm³/mol. The number of aryl methyl sites for hydroxylation is 1. The van der Waals surface area contributed by atoms with Crippen LogP contribution in [0, 0.1) is 12.8 Å². The van der Waals surface area contributed by atoms with Crippen molar-refractivity contribution in [2.75, 3.05) is 30.9 Å². The quantitative estimate of drug-likeness (QED) is 0.807. The lowest BCUT2D eigenvalue weighted by molar-refractivity contribution is -0.127. The van der Waals surface area contributed by atoms with Crippen LogP contribution >= 0.6 is 0 Å². The first-order chi connectivity index (χ1) is 9.56. The zero-order valence-corrected chi connectivity index (χ0v) is 12.0. The Balaban J connectivity index is 1.85. The van der Waals surface area contributed by atoms with Crippen molar-refractivity contribution in [3.8, 4) is 0 Å².